The number of rotatable bonds is 7. The van der Waals surface area contributed by atoms with Crippen LogP contribution in [0.25, 0.3) is 28.1 Å². The van der Waals surface area contributed by atoms with Crippen molar-refractivity contribution in [2.75, 3.05) is 35.8 Å². The van der Waals surface area contributed by atoms with Crippen LogP contribution in [-0.4, -0.2) is 46.2 Å². The van der Waals surface area contributed by atoms with Crippen LogP contribution >= 0.6 is 11.9 Å². The molecule has 2 aromatic heterocycles. The van der Waals surface area contributed by atoms with Gasteiger partial charge in [-0.15, -0.1) is 0 Å². The highest BCUT2D eigenvalue weighted by molar-refractivity contribution is 8.01. The molecule has 3 heterocycles. The molecule has 0 amide bonds. The second-order valence-electron chi connectivity index (χ2n) is 9.89. The number of benzene rings is 2. The highest BCUT2D eigenvalue weighted by atomic mass is 32.2. The fourth-order valence-electron chi connectivity index (χ4n) is 5.23. The highest BCUT2D eigenvalue weighted by Gasteiger charge is 2.23. The van der Waals surface area contributed by atoms with E-state index in [2.05, 4.69) is 25.0 Å². The highest BCUT2D eigenvalue weighted by Crippen LogP contribution is 2.38. The number of anilines is 2. The summed E-state index contributed by atoms with van der Waals surface area (Å²) in [6.45, 7) is 3.28. The predicted octanol–water partition coefficient (Wildman–Crippen LogP) is 6.43. The SMILES string of the molecule is Fc1cc(NSC2CCCC2)c(F)c(-c2cn(-c3ccc(N4CCNCC4)cc3F)nc2-c2ccncc2)c1. The summed E-state index contributed by atoms with van der Waals surface area (Å²) >= 11 is 1.44. The summed E-state index contributed by atoms with van der Waals surface area (Å²) < 4.78 is 50.6. The lowest BCUT2D eigenvalue weighted by Gasteiger charge is -2.29. The molecule has 0 spiro atoms. The fourth-order valence-corrected chi connectivity index (χ4v) is 6.24. The van der Waals surface area contributed by atoms with Gasteiger partial charge in [0, 0.05) is 78.5 Å². The summed E-state index contributed by atoms with van der Waals surface area (Å²) in [5.41, 5.74) is 2.59. The van der Waals surface area contributed by atoms with Gasteiger partial charge < -0.3 is 14.9 Å². The van der Waals surface area contributed by atoms with Gasteiger partial charge in [0.1, 0.15) is 17.2 Å². The molecular weight excluding hydrogens is 521 g/mol. The number of nitrogens with one attached hydrogen (secondary N) is 2. The summed E-state index contributed by atoms with van der Waals surface area (Å²) in [7, 11) is 0. The quantitative estimate of drug-likeness (QED) is 0.259. The average Bonchev–Trinajstić information content (AvgIpc) is 3.65. The zero-order valence-electron chi connectivity index (χ0n) is 21.3. The van der Waals surface area contributed by atoms with Crippen molar-refractivity contribution >= 4 is 23.3 Å². The minimum Gasteiger partial charge on any atom is -0.369 e. The Morgan fingerprint density at radius 1 is 0.923 bits per heavy atom. The Morgan fingerprint density at radius 3 is 2.44 bits per heavy atom. The van der Waals surface area contributed by atoms with Crippen molar-refractivity contribution in [2.45, 2.75) is 30.9 Å². The molecule has 1 aliphatic heterocycles. The first kappa shape index (κ1) is 25.8. The molecule has 0 unspecified atom stereocenters. The Balaban J connectivity index is 1.40. The smallest absolute Gasteiger partial charge is 0.155 e. The molecular formula is C29H29F3N6S. The van der Waals surface area contributed by atoms with Crippen molar-refractivity contribution in [1.82, 2.24) is 20.1 Å². The van der Waals surface area contributed by atoms with Crippen LogP contribution < -0.4 is 14.9 Å². The molecule has 2 N–H and O–H groups in total. The molecule has 39 heavy (non-hydrogen) atoms. The van der Waals surface area contributed by atoms with Crippen LogP contribution in [0.1, 0.15) is 25.7 Å². The van der Waals surface area contributed by atoms with Crippen molar-refractivity contribution in [1.29, 1.82) is 0 Å². The van der Waals surface area contributed by atoms with Gasteiger partial charge in [0.15, 0.2) is 11.6 Å². The molecule has 1 saturated heterocycles. The molecule has 2 fully saturated rings. The Morgan fingerprint density at radius 2 is 1.69 bits per heavy atom. The first-order chi connectivity index (χ1) is 19.1. The summed E-state index contributed by atoms with van der Waals surface area (Å²) in [6.07, 6.45) is 9.18. The molecule has 2 aliphatic rings. The molecule has 0 atom stereocenters. The third kappa shape index (κ3) is 5.49. The molecule has 1 aliphatic carbocycles. The second-order valence-corrected chi connectivity index (χ2v) is 11.0. The minimum absolute atomic E-state index is 0.0560. The van der Waals surface area contributed by atoms with Crippen LogP contribution in [-0.2, 0) is 0 Å². The van der Waals surface area contributed by atoms with Crippen molar-refractivity contribution in [3.05, 3.63) is 78.5 Å². The summed E-state index contributed by atoms with van der Waals surface area (Å²) in [6, 6.07) is 10.9. The number of aromatic nitrogens is 3. The molecule has 0 radical (unpaired) electrons. The topological polar surface area (TPSA) is 58.0 Å². The normalized spacial score (nSPS) is 16.1. The number of hydrogen-bond donors (Lipinski definition) is 2. The van der Waals surface area contributed by atoms with E-state index >= 15 is 8.78 Å². The van der Waals surface area contributed by atoms with E-state index in [9.17, 15) is 4.39 Å². The second kappa shape index (κ2) is 11.3. The number of pyridine rings is 1. The lowest BCUT2D eigenvalue weighted by molar-refractivity contribution is 0.582. The van der Waals surface area contributed by atoms with E-state index in [0.717, 1.165) is 63.6 Å². The molecule has 1 saturated carbocycles. The van der Waals surface area contributed by atoms with Crippen LogP contribution in [0.15, 0.2) is 61.1 Å². The van der Waals surface area contributed by atoms with E-state index in [-0.39, 0.29) is 16.9 Å². The van der Waals surface area contributed by atoms with Gasteiger partial charge >= 0.3 is 0 Å². The molecule has 202 valence electrons. The van der Waals surface area contributed by atoms with Crippen molar-refractivity contribution in [3.63, 3.8) is 0 Å². The van der Waals surface area contributed by atoms with Gasteiger partial charge in [0.05, 0.1) is 5.69 Å². The zero-order chi connectivity index (χ0) is 26.8. The maximum atomic E-state index is 15.9. The Bertz CT molecular complexity index is 1450. The lowest BCUT2D eigenvalue weighted by atomic mass is 10.0. The van der Waals surface area contributed by atoms with Gasteiger partial charge in [-0.2, -0.15) is 5.10 Å². The van der Waals surface area contributed by atoms with E-state index in [1.54, 1.807) is 36.8 Å². The van der Waals surface area contributed by atoms with Gasteiger partial charge in [0.25, 0.3) is 0 Å². The fraction of sp³-hybridized carbons (Fsp3) is 0.310. The first-order valence-corrected chi connectivity index (χ1v) is 14.1. The van der Waals surface area contributed by atoms with E-state index in [4.69, 9.17) is 0 Å². The van der Waals surface area contributed by atoms with Gasteiger partial charge in [-0.25, -0.2) is 17.9 Å². The number of nitrogens with zero attached hydrogens (tertiary/aromatic N) is 4. The Hall–Kier alpha value is -3.50. The van der Waals surface area contributed by atoms with Crippen molar-refractivity contribution in [2.24, 2.45) is 0 Å². The van der Waals surface area contributed by atoms with Gasteiger partial charge in [-0.1, -0.05) is 12.8 Å². The van der Waals surface area contributed by atoms with Crippen LogP contribution in [0.5, 0.6) is 0 Å². The van der Waals surface area contributed by atoms with E-state index < -0.39 is 17.5 Å². The minimum atomic E-state index is -0.578. The van der Waals surface area contributed by atoms with Crippen molar-refractivity contribution in [3.8, 4) is 28.1 Å². The number of halogens is 3. The van der Waals surface area contributed by atoms with Gasteiger partial charge in [-0.05, 0) is 61.2 Å². The van der Waals surface area contributed by atoms with E-state index in [1.165, 1.54) is 28.8 Å². The van der Waals surface area contributed by atoms with Crippen LogP contribution in [0.3, 0.4) is 0 Å². The maximum absolute atomic E-state index is 15.9. The predicted molar refractivity (Wildman–Crippen MR) is 151 cm³/mol. The monoisotopic (exact) mass is 550 g/mol. The van der Waals surface area contributed by atoms with Crippen LogP contribution in [0.4, 0.5) is 24.5 Å². The molecule has 4 aromatic rings. The third-order valence-electron chi connectivity index (χ3n) is 7.29. The largest absolute Gasteiger partial charge is 0.369 e. The standard InChI is InChI=1S/C29H29F3N6S/c30-20-15-23(28(32)26(16-20)36-39-22-3-1-2-4-22)24-18-38(35-29(24)19-7-9-33-10-8-19)27-6-5-21(17-25(27)31)37-13-11-34-12-14-37/h5-10,15-18,22,34,36H,1-4,11-14H2. The number of hydrogen-bond acceptors (Lipinski definition) is 6. The third-order valence-corrected chi connectivity index (χ3v) is 8.44. The van der Waals surface area contributed by atoms with Crippen molar-refractivity contribution < 1.29 is 13.2 Å². The first-order valence-electron chi connectivity index (χ1n) is 13.2. The Labute approximate surface area is 229 Å². The average molecular weight is 551 g/mol. The molecule has 0 bridgehead atoms. The summed E-state index contributed by atoms with van der Waals surface area (Å²) in [4.78, 5) is 6.19. The molecule has 2 aromatic carbocycles. The lowest BCUT2D eigenvalue weighted by Crippen LogP contribution is -2.43. The molecule has 6 rings (SSSR count). The van der Waals surface area contributed by atoms with Gasteiger partial charge in [-0.3, -0.25) is 4.98 Å². The summed E-state index contributed by atoms with van der Waals surface area (Å²) in [5.74, 6) is -1.59. The van der Waals surface area contributed by atoms with E-state index in [1.807, 2.05) is 6.07 Å². The van der Waals surface area contributed by atoms with E-state index in [0.29, 0.717) is 22.1 Å². The van der Waals surface area contributed by atoms with Gasteiger partial charge in [0.2, 0.25) is 0 Å². The zero-order valence-corrected chi connectivity index (χ0v) is 22.2. The Kier molecular flexibility index (Phi) is 7.47. The summed E-state index contributed by atoms with van der Waals surface area (Å²) in [5, 5.41) is 8.32. The van der Waals surface area contributed by atoms with Crippen LogP contribution in [0.2, 0.25) is 0 Å². The van der Waals surface area contributed by atoms with Crippen LogP contribution in [0, 0.1) is 17.5 Å². The molecule has 10 heteroatoms. The maximum Gasteiger partial charge on any atom is 0.155 e. The molecule has 6 nitrogen and oxygen atoms in total. The number of piperazine rings is 1.